The number of nitrogens with zero attached hydrogens (tertiary/aromatic N) is 1. The molecule has 130 valence electrons. The molecule has 0 spiro atoms. The second-order valence-corrected chi connectivity index (χ2v) is 6.74. The van der Waals surface area contributed by atoms with E-state index in [0.717, 1.165) is 25.7 Å². The minimum Gasteiger partial charge on any atom is -0.360 e. The summed E-state index contributed by atoms with van der Waals surface area (Å²) in [6.07, 6.45) is 4.34. The van der Waals surface area contributed by atoms with Crippen molar-refractivity contribution in [2.75, 3.05) is 0 Å². The van der Waals surface area contributed by atoms with Gasteiger partial charge in [0.1, 0.15) is 17.0 Å². The Morgan fingerprint density at radius 2 is 1.96 bits per heavy atom. The molecule has 1 aromatic heterocycles. The molecular weight excluding hydrogens is 347 g/mol. The summed E-state index contributed by atoms with van der Waals surface area (Å²) < 4.78 is 5.23. The molecule has 1 atom stereocenters. The van der Waals surface area contributed by atoms with Crippen molar-refractivity contribution in [2.45, 2.75) is 52.5 Å². The van der Waals surface area contributed by atoms with Gasteiger partial charge < -0.3 is 9.84 Å². The third kappa shape index (κ3) is 4.31. The largest absolute Gasteiger partial charge is 0.360 e. The molecule has 0 bridgehead atoms. The topological polar surface area (TPSA) is 55.1 Å². The zero-order valence-electron chi connectivity index (χ0n) is 14.2. The number of hydrogen-bond donors (Lipinski definition) is 1. The molecule has 1 aromatic carbocycles. The van der Waals surface area contributed by atoms with Crippen LogP contribution in [0.25, 0.3) is 11.3 Å². The molecule has 0 aliphatic rings. The van der Waals surface area contributed by atoms with E-state index in [4.69, 9.17) is 27.7 Å². The molecule has 2 rings (SSSR count). The van der Waals surface area contributed by atoms with E-state index >= 15 is 0 Å². The number of amides is 1. The van der Waals surface area contributed by atoms with E-state index in [1.165, 1.54) is 0 Å². The quantitative estimate of drug-likeness (QED) is 0.641. The number of rotatable bonds is 7. The Morgan fingerprint density at radius 3 is 2.58 bits per heavy atom. The zero-order valence-corrected chi connectivity index (χ0v) is 15.7. The maximum Gasteiger partial charge on any atom is 0.257 e. The zero-order chi connectivity index (χ0) is 17.7. The van der Waals surface area contributed by atoms with E-state index in [0.29, 0.717) is 32.6 Å². The Kier molecular flexibility index (Phi) is 6.69. The summed E-state index contributed by atoms with van der Waals surface area (Å²) in [7, 11) is 0. The Hall–Kier alpha value is -1.52. The predicted molar refractivity (Wildman–Crippen MR) is 97.8 cm³/mol. The third-order valence-electron chi connectivity index (χ3n) is 3.91. The molecule has 2 aromatic rings. The number of aromatic nitrogens is 1. The SMILES string of the molecule is CCCCC[C@@H](C)NC(=O)c1c(-c2c(Cl)cccc2Cl)noc1C. The van der Waals surface area contributed by atoms with Crippen LogP contribution in [0.2, 0.25) is 10.0 Å². The molecular formula is C18H22Cl2N2O2. The van der Waals surface area contributed by atoms with Crippen LogP contribution in [0, 0.1) is 6.92 Å². The van der Waals surface area contributed by atoms with Gasteiger partial charge in [-0.1, -0.05) is 60.6 Å². The van der Waals surface area contributed by atoms with Crippen molar-refractivity contribution in [2.24, 2.45) is 0 Å². The monoisotopic (exact) mass is 368 g/mol. The van der Waals surface area contributed by atoms with Crippen LogP contribution in [-0.4, -0.2) is 17.1 Å². The van der Waals surface area contributed by atoms with Gasteiger partial charge in [-0.3, -0.25) is 4.79 Å². The summed E-state index contributed by atoms with van der Waals surface area (Å²) in [6.45, 7) is 5.86. The first-order chi connectivity index (χ1) is 11.5. The second kappa shape index (κ2) is 8.54. The summed E-state index contributed by atoms with van der Waals surface area (Å²) in [6, 6.07) is 5.24. The van der Waals surface area contributed by atoms with Crippen LogP contribution in [-0.2, 0) is 0 Å². The number of unbranched alkanes of at least 4 members (excludes halogenated alkanes) is 2. The lowest BCUT2D eigenvalue weighted by molar-refractivity contribution is 0.0937. The fourth-order valence-electron chi connectivity index (χ4n) is 2.60. The maximum absolute atomic E-state index is 12.7. The van der Waals surface area contributed by atoms with E-state index in [9.17, 15) is 4.79 Å². The number of hydrogen-bond acceptors (Lipinski definition) is 3. The Balaban J connectivity index is 2.25. The first-order valence-electron chi connectivity index (χ1n) is 8.17. The van der Waals surface area contributed by atoms with Gasteiger partial charge in [-0.15, -0.1) is 0 Å². The smallest absolute Gasteiger partial charge is 0.257 e. The van der Waals surface area contributed by atoms with Crippen LogP contribution in [0.1, 0.15) is 55.6 Å². The first kappa shape index (κ1) is 18.8. The summed E-state index contributed by atoms with van der Waals surface area (Å²) in [5, 5.41) is 7.88. The number of nitrogens with one attached hydrogen (secondary N) is 1. The van der Waals surface area contributed by atoms with Gasteiger partial charge >= 0.3 is 0 Å². The molecule has 24 heavy (non-hydrogen) atoms. The highest BCUT2D eigenvalue weighted by Crippen LogP contribution is 2.36. The van der Waals surface area contributed by atoms with Gasteiger partial charge in [0.2, 0.25) is 0 Å². The molecule has 0 saturated carbocycles. The Bertz CT molecular complexity index is 693. The highest BCUT2D eigenvalue weighted by molar-refractivity contribution is 6.39. The molecule has 0 aliphatic heterocycles. The lowest BCUT2D eigenvalue weighted by atomic mass is 10.0. The highest BCUT2D eigenvalue weighted by Gasteiger charge is 2.25. The van der Waals surface area contributed by atoms with E-state index in [1.54, 1.807) is 25.1 Å². The highest BCUT2D eigenvalue weighted by atomic mass is 35.5. The van der Waals surface area contributed by atoms with Gasteiger partial charge in [0.05, 0.1) is 10.0 Å². The maximum atomic E-state index is 12.7. The average molecular weight is 369 g/mol. The van der Waals surface area contributed by atoms with Gasteiger partial charge in [0.25, 0.3) is 5.91 Å². The molecule has 0 unspecified atom stereocenters. The summed E-state index contributed by atoms with van der Waals surface area (Å²) in [4.78, 5) is 12.7. The standard InChI is InChI=1S/C18H22Cl2N2O2/c1-4-5-6-8-11(2)21-18(23)15-12(3)24-22-17(15)16-13(19)9-7-10-14(16)20/h7,9-11H,4-6,8H2,1-3H3,(H,21,23)/t11-/m1/s1. The van der Waals surface area contributed by atoms with Crippen LogP contribution in [0.5, 0.6) is 0 Å². The average Bonchev–Trinajstić information content (AvgIpc) is 2.89. The minimum atomic E-state index is -0.219. The second-order valence-electron chi connectivity index (χ2n) is 5.93. The molecule has 6 heteroatoms. The predicted octanol–water partition coefficient (Wildman–Crippen LogP) is 5.66. The van der Waals surface area contributed by atoms with Crippen LogP contribution >= 0.6 is 23.2 Å². The molecule has 0 saturated heterocycles. The number of carbonyl (C=O) groups excluding carboxylic acids is 1. The van der Waals surface area contributed by atoms with Crippen molar-refractivity contribution in [1.82, 2.24) is 10.5 Å². The molecule has 4 nitrogen and oxygen atoms in total. The van der Waals surface area contributed by atoms with Gasteiger partial charge in [-0.25, -0.2) is 0 Å². The normalized spacial score (nSPS) is 12.2. The van der Waals surface area contributed by atoms with Crippen LogP contribution in [0.3, 0.4) is 0 Å². The number of carbonyl (C=O) groups is 1. The Labute approximate surface area is 152 Å². The fraction of sp³-hybridized carbons (Fsp3) is 0.444. The lowest BCUT2D eigenvalue weighted by Crippen LogP contribution is -2.33. The summed E-state index contributed by atoms with van der Waals surface area (Å²) in [5.74, 6) is 0.225. The molecule has 1 heterocycles. The van der Waals surface area contributed by atoms with Gasteiger partial charge in [-0.2, -0.15) is 0 Å². The fourth-order valence-corrected chi connectivity index (χ4v) is 3.18. The molecule has 0 fully saturated rings. The van der Waals surface area contributed by atoms with Crippen molar-refractivity contribution in [3.05, 3.63) is 39.6 Å². The van der Waals surface area contributed by atoms with E-state index < -0.39 is 0 Å². The van der Waals surface area contributed by atoms with Crippen molar-refractivity contribution >= 4 is 29.1 Å². The third-order valence-corrected chi connectivity index (χ3v) is 4.54. The van der Waals surface area contributed by atoms with E-state index in [-0.39, 0.29) is 11.9 Å². The lowest BCUT2D eigenvalue weighted by Gasteiger charge is -2.14. The number of benzene rings is 1. The van der Waals surface area contributed by atoms with E-state index in [1.807, 2.05) is 6.92 Å². The first-order valence-corrected chi connectivity index (χ1v) is 8.92. The van der Waals surface area contributed by atoms with Crippen molar-refractivity contribution in [1.29, 1.82) is 0 Å². The summed E-state index contributed by atoms with van der Waals surface area (Å²) in [5.41, 5.74) is 1.27. The molecule has 1 N–H and O–H groups in total. The Morgan fingerprint density at radius 1 is 1.29 bits per heavy atom. The van der Waals surface area contributed by atoms with E-state index in [2.05, 4.69) is 17.4 Å². The van der Waals surface area contributed by atoms with Gasteiger partial charge in [0, 0.05) is 11.6 Å². The van der Waals surface area contributed by atoms with Gasteiger partial charge in [0.15, 0.2) is 0 Å². The molecule has 0 aliphatic carbocycles. The molecule has 1 amide bonds. The van der Waals surface area contributed by atoms with Crippen molar-refractivity contribution in [3.63, 3.8) is 0 Å². The van der Waals surface area contributed by atoms with Crippen LogP contribution < -0.4 is 5.32 Å². The number of aryl methyl sites for hydroxylation is 1. The van der Waals surface area contributed by atoms with Crippen LogP contribution in [0.15, 0.2) is 22.7 Å². The number of halogens is 2. The van der Waals surface area contributed by atoms with Crippen molar-refractivity contribution in [3.8, 4) is 11.3 Å². The minimum absolute atomic E-state index is 0.0768. The summed E-state index contributed by atoms with van der Waals surface area (Å²) >= 11 is 12.5. The van der Waals surface area contributed by atoms with Crippen molar-refractivity contribution < 1.29 is 9.32 Å². The molecule has 0 radical (unpaired) electrons. The van der Waals surface area contributed by atoms with Gasteiger partial charge in [-0.05, 0) is 32.4 Å². The van der Waals surface area contributed by atoms with Crippen LogP contribution in [0.4, 0.5) is 0 Å².